The quantitative estimate of drug-likeness (QED) is 0.862. The van der Waals surface area contributed by atoms with E-state index in [0.29, 0.717) is 24.0 Å². The van der Waals surface area contributed by atoms with Gasteiger partial charge in [-0.25, -0.2) is 4.98 Å². The lowest BCUT2D eigenvalue weighted by Gasteiger charge is -2.19. The summed E-state index contributed by atoms with van der Waals surface area (Å²) < 4.78 is 7.24. The minimum Gasteiger partial charge on any atom is -0.384 e. The molecule has 2 aromatic heterocycles. The fraction of sp³-hybridized carbons (Fsp3) is 0.471. The monoisotopic (exact) mass is 311 g/mol. The summed E-state index contributed by atoms with van der Waals surface area (Å²) in [5.74, 6) is 1.47. The third kappa shape index (κ3) is 2.92. The zero-order chi connectivity index (χ0) is 16.4. The molecule has 6 heteroatoms. The van der Waals surface area contributed by atoms with Gasteiger partial charge in [-0.15, -0.1) is 0 Å². The minimum atomic E-state index is 0.331. The van der Waals surface area contributed by atoms with Gasteiger partial charge >= 0.3 is 0 Å². The molecule has 0 spiro atoms. The molecule has 0 saturated carbocycles. The maximum atomic E-state index is 9.46. The number of nitriles is 1. The van der Waals surface area contributed by atoms with Crippen LogP contribution in [0.15, 0.2) is 24.7 Å². The van der Waals surface area contributed by atoms with Crippen molar-refractivity contribution in [2.24, 2.45) is 13.0 Å². The molecule has 0 bridgehead atoms. The van der Waals surface area contributed by atoms with Crippen molar-refractivity contribution in [3.63, 3.8) is 0 Å². The number of anilines is 1. The number of methoxy groups -OCH3 is 1. The van der Waals surface area contributed by atoms with Crippen molar-refractivity contribution < 1.29 is 4.74 Å². The molecule has 120 valence electrons. The van der Waals surface area contributed by atoms with Crippen molar-refractivity contribution in [3.05, 3.63) is 41.3 Å². The third-order valence-corrected chi connectivity index (χ3v) is 4.53. The number of hydrogen-bond acceptors (Lipinski definition) is 5. The molecule has 23 heavy (non-hydrogen) atoms. The molecule has 0 unspecified atom stereocenters. The fourth-order valence-electron chi connectivity index (χ4n) is 3.36. The lowest BCUT2D eigenvalue weighted by atomic mass is 9.92. The van der Waals surface area contributed by atoms with Gasteiger partial charge in [0, 0.05) is 51.5 Å². The second-order valence-electron chi connectivity index (χ2n) is 6.11. The van der Waals surface area contributed by atoms with Crippen LogP contribution in [0.25, 0.3) is 0 Å². The van der Waals surface area contributed by atoms with Gasteiger partial charge in [0.2, 0.25) is 0 Å². The normalized spacial score (nSPS) is 20.7. The van der Waals surface area contributed by atoms with Crippen molar-refractivity contribution in [1.29, 1.82) is 5.26 Å². The molecule has 1 aliphatic rings. The van der Waals surface area contributed by atoms with Crippen LogP contribution in [0.4, 0.5) is 5.82 Å². The van der Waals surface area contributed by atoms with Crippen LogP contribution in [0.1, 0.15) is 22.6 Å². The maximum Gasteiger partial charge on any atom is 0.146 e. The van der Waals surface area contributed by atoms with E-state index in [2.05, 4.69) is 27.2 Å². The van der Waals surface area contributed by atoms with Crippen LogP contribution in [-0.2, 0) is 11.8 Å². The first-order valence-corrected chi connectivity index (χ1v) is 7.72. The molecule has 3 rings (SSSR count). The molecule has 6 nitrogen and oxygen atoms in total. The van der Waals surface area contributed by atoms with Crippen molar-refractivity contribution in [2.45, 2.75) is 12.8 Å². The van der Waals surface area contributed by atoms with E-state index in [-0.39, 0.29) is 0 Å². The van der Waals surface area contributed by atoms with Gasteiger partial charge in [-0.1, -0.05) is 0 Å². The molecule has 1 aliphatic heterocycles. The maximum absolute atomic E-state index is 9.46. The lowest BCUT2D eigenvalue weighted by Crippen LogP contribution is -2.23. The van der Waals surface area contributed by atoms with E-state index in [1.165, 1.54) is 5.56 Å². The average Bonchev–Trinajstić information content (AvgIpc) is 3.14. The number of hydrogen-bond donors (Lipinski definition) is 0. The Morgan fingerprint density at radius 3 is 2.91 bits per heavy atom. The summed E-state index contributed by atoms with van der Waals surface area (Å²) >= 11 is 0. The predicted molar refractivity (Wildman–Crippen MR) is 87.2 cm³/mol. The Morgan fingerprint density at radius 1 is 1.43 bits per heavy atom. The van der Waals surface area contributed by atoms with E-state index in [1.54, 1.807) is 13.3 Å². The van der Waals surface area contributed by atoms with E-state index >= 15 is 0 Å². The van der Waals surface area contributed by atoms with Crippen LogP contribution in [0.5, 0.6) is 0 Å². The summed E-state index contributed by atoms with van der Waals surface area (Å²) in [6, 6.07) is 4.17. The second kappa shape index (κ2) is 6.39. The first-order valence-electron chi connectivity index (χ1n) is 7.72. The highest BCUT2D eigenvalue weighted by Crippen LogP contribution is 2.36. The number of nitrogens with zero attached hydrogens (tertiary/aromatic N) is 5. The molecule has 0 amide bonds. The van der Waals surface area contributed by atoms with Crippen LogP contribution in [0.2, 0.25) is 0 Å². The molecular weight excluding hydrogens is 290 g/mol. The summed E-state index contributed by atoms with van der Waals surface area (Å²) in [5, 5.41) is 13.8. The zero-order valence-corrected chi connectivity index (χ0v) is 13.7. The highest BCUT2D eigenvalue weighted by molar-refractivity contribution is 5.58. The summed E-state index contributed by atoms with van der Waals surface area (Å²) in [6.07, 6.45) is 5.76. The van der Waals surface area contributed by atoms with Gasteiger partial charge < -0.3 is 9.64 Å². The second-order valence-corrected chi connectivity index (χ2v) is 6.11. The highest BCUT2D eigenvalue weighted by Gasteiger charge is 2.36. The van der Waals surface area contributed by atoms with Crippen LogP contribution in [-0.4, -0.2) is 41.6 Å². The molecule has 3 heterocycles. The lowest BCUT2D eigenvalue weighted by molar-refractivity contribution is 0.153. The van der Waals surface area contributed by atoms with Crippen molar-refractivity contribution >= 4 is 5.82 Å². The van der Waals surface area contributed by atoms with E-state index in [4.69, 9.17) is 4.74 Å². The molecule has 0 aliphatic carbocycles. The minimum absolute atomic E-state index is 0.331. The van der Waals surface area contributed by atoms with Gasteiger partial charge in [-0.05, 0) is 24.1 Å². The smallest absolute Gasteiger partial charge is 0.146 e. The molecule has 0 N–H and O–H groups in total. The molecule has 2 aromatic rings. The summed E-state index contributed by atoms with van der Waals surface area (Å²) in [6.45, 7) is 4.29. The molecular formula is C17H21N5O. The Hall–Kier alpha value is -2.39. The van der Waals surface area contributed by atoms with Gasteiger partial charge in [0.1, 0.15) is 11.9 Å². The topological polar surface area (TPSA) is 67.0 Å². The highest BCUT2D eigenvalue weighted by atomic mass is 16.5. The van der Waals surface area contributed by atoms with Gasteiger partial charge in [0.05, 0.1) is 18.4 Å². The average molecular weight is 311 g/mol. The number of aromatic nitrogens is 3. The first kappa shape index (κ1) is 15.5. The van der Waals surface area contributed by atoms with E-state index in [0.717, 1.165) is 24.5 Å². The summed E-state index contributed by atoms with van der Waals surface area (Å²) in [7, 11) is 3.66. The first-order chi connectivity index (χ1) is 11.1. The van der Waals surface area contributed by atoms with Crippen molar-refractivity contribution in [3.8, 4) is 6.07 Å². The van der Waals surface area contributed by atoms with Crippen LogP contribution < -0.4 is 4.90 Å². The number of rotatable bonds is 4. The molecule has 2 atom stereocenters. The van der Waals surface area contributed by atoms with Gasteiger partial charge in [0.15, 0.2) is 0 Å². The molecule has 0 radical (unpaired) electrons. The van der Waals surface area contributed by atoms with Crippen LogP contribution in [0, 0.1) is 24.2 Å². The Bertz CT molecular complexity index is 733. The van der Waals surface area contributed by atoms with Crippen molar-refractivity contribution in [2.75, 3.05) is 31.7 Å². The van der Waals surface area contributed by atoms with E-state index in [9.17, 15) is 5.26 Å². The fourth-order valence-corrected chi connectivity index (χ4v) is 3.36. The Kier molecular flexibility index (Phi) is 4.30. The predicted octanol–water partition coefficient (Wildman–Crippen LogP) is 1.86. The van der Waals surface area contributed by atoms with E-state index < -0.39 is 0 Å². The Labute approximate surface area is 136 Å². The van der Waals surface area contributed by atoms with Gasteiger partial charge in [-0.3, -0.25) is 4.68 Å². The largest absolute Gasteiger partial charge is 0.384 e. The molecule has 1 saturated heterocycles. The zero-order valence-electron chi connectivity index (χ0n) is 13.7. The number of ether oxygens (including phenoxy) is 1. The number of aryl methyl sites for hydroxylation is 2. The number of pyridine rings is 1. The van der Waals surface area contributed by atoms with Crippen molar-refractivity contribution in [1.82, 2.24) is 14.8 Å². The standard InChI is InChI=1S/C17H21N5O/c1-12-4-5-19-17(15(12)6-18)22-9-14(11-23-3)16(10-22)13-7-20-21(2)8-13/h4-5,7-8,14,16H,9-11H2,1-3H3/t14-,16-/m0/s1. The summed E-state index contributed by atoms with van der Waals surface area (Å²) in [4.78, 5) is 6.66. The van der Waals surface area contributed by atoms with E-state index in [1.807, 2.05) is 30.9 Å². The molecule has 1 fully saturated rings. The van der Waals surface area contributed by atoms with Crippen LogP contribution >= 0.6 is 0 Å². The summed E-state index contributed by atoms with van der Waals surface area (Å²) in [5.41, 5.74) is 2.84. The molecule has 0 aromatic carbocycles. The van der Waals surface area contributed by atoms with Gasteiger partial charge in [0.25, 0.3) is 0 Å². The van der Waals surface area contributed by atoms with Crippen LogP contribution in [0.3, 0.4) is 0 Å². The Balaban J connectivity index is 1.92. The van der Waals surface area contributed by atoms with Gasteiger partial charge in [-0.2, -0.15) is 10.4 Å². The third-order valence-electron chi connectivity index (χ3n) is 4.53. The Morgan fingerprint density at radius 2 is 2.26 bits per heavy atom. The SMILES string of the molecule is COC[C@@H]1CN(c2nccc(C)c2C#N)C[C@H]1c1cnn(C)c1.